The van der Waals surface area contributed by atoms with Gasteiger partial charge in [-0.05, 0) is 82.5 Å². The summed E-state index contributed by atoms with van der Waals surface area (Å²) in [6, 6.07) is 13.5. The zero-order valence-corrected chi connectivity index (χ0v) is 24.6. The van der Waals surface area contributed by atoms with Crippen LogP contribution in [0.1, 0.15) is 39.2 Å². The van der Waals surface area contributed by atoms with Crippen molar-refractivity contribution >= 4 is 40.1 Å². The Morgan fingerprint density at radius 3 is 2.65 bits per heavy atom. The smallest absolute Gasteiger partial charge is 0.410 e. The van der Waals surface area contributed by atoms with Crippen LogP contribution in [0.15, 0.2) is 61.3 Å². The molecule has 1 spiro atoms. The van der Waals surface area contributed by atoms with Crippen molar-refractivity contribution in [3.63, 3.8) is 0 Å². The number of carbonyl (C=O) groups excluding carboxylic acids is 1. The minimum absolute atomic E-state index is 0.200. The fourth-order valence-corrected chi connectivity index (χ4v) is 5.51. The van der Waals surface area contributed by atoms with E-state index in [4.69, 9.17) is 14.5 Å². The van der Waals surface area contributed by atoms with Crippen LogP contribution in [0.3, 0.4) is 0 Å². The first-order valence-electron chi connectivity index (χ1n) is 14.4. The second-order valence-electron chi connectivity index (χ2n) is 12.2. The fraction of sp³-hybridized carbons (Fsp3) is 0.355. The summed E-state index contributed by atoms with van der Waals surface area (Å²) in [5.74, 6) is 2.88. The number of benzene rings is 1. The molecule has 0 unspecified atom stereocenters. The number of carbonyl (C=O) groups is 1. The normalized spacial score (nSPS) is 16.1. The van der Waals surface area contributed by atoms with Crippen molar-refractivity contribution in [1.29, 1.82) is 0 Å². The molecule has 7 rings (SSSR count). The van der Waals surface area contributed by atoms with Gasteiger partial charge in [0.15, 0.2) is 11.5 Å². The summed E-state index contributed by atoms with van der Waals surface area (Å²) >= 11 is 0. The molecule has 1 N–H and O–H groups in total. The quantitative estimate of drug-likeness (QED) is 0.285. The average molecular weight is 580 g/mol. The Balaban J connectivity index is 1.09. The molecule has 1 saturated heterocycles. The molecule has 1 amide bonds. The summed E-state index contributed by atoms with van der Waals surface area (Å²) in [5, 5.41) is 7.55. The number of piperazine rings is 1. The molecule has 1 aromatic carbocycles. The van der Waals surface area contributed by atoms with E-state index in [2.05, 4.69) is 30.3 Å². The molecule has 5 heterocycles. The van der Waals surface area contributed by atoms with Crippen molar-refractivity contribution < 1.29 is 14.3 Å². The van der Waals surface area contributed by atoms with Gasteiger partial charge in [0.05, 0.1) is 11.1 Å². The standard InChI is InChI=1S/C31H33N9O3/c1-20-15-21(5-7-24(20)42-22-9-12-40-26(16-22)33-19-35-40)36-28-27-23(32-18-34-28)6-8-25(37-27)38-13-14-39(31(17-38)10-11-31)29(41)43-30(2,3)4/h5-9,12,15-16,18-19H,10-11,13-14,17H2,1-4H3,(H,32,34,36). The van der Waals surface area contributed by atoms with Crippen molar-refractivity contribution in [2.75, 3.05) is 29.9 Å². The van der Waals surface area contributed by atoms with Gasteiger partial charge in [0.2, 0.25) is 0 Å². The molecule has 220 valence electrons. The number of aromatic nitrogens is 6. The van der Waals surface area contributed by atoms with E-state index in [1.807, 2.05) is 81.3 Å². The number of nitrogens with zero attached hydrogens (tertiary/aromatic N) is 8. The number of hydrogen-bond acceptors (Lipinski definition) is 10. The number of ether oxygens (including phenoxy) is 2. The predicted octanol–water partition coefficient (Wildman–Crippen LogP) is 5.50. The lowest BCUT2D eigenvalue weighted by molar-refractivity contribution is 0.0106. The Morgan fingerprint density at radius 1 is 1.00 bits per heavy atom. The van der Waals surface area contributed by atoms with E-state index in [1.54, 1.807) is 4.52 Å². The Labute approximate surface area is 248 Å². The maximum Gasteiger partial charge on any atom is 0.410 e. The van der Waals surface area contributed by atoms with E-state index < -0.39 is 5.60 Å². The molecule has 1 aliphatic carbocycles. The van der Waals surface area contributed by atoms with E-state index in [-0.39, 0.29) is 11.6 Å². The van der Waals surface area contributed by atoms with Gasteiger partial charge in [-0.15, -0.1) is 0 Å². The molecule has 2 aliphatic rings. The number of hydrogen-bond donors (Lipinski definition) is 1. The van der Waals surface area contributed by atoms with Crippen LogP contribution in [0.2, 0.25) is 0 Å². The first kappa shape index (κ1) is 26.9. The summed E-state index contributed by atoms with van der Waals surface area (Å²) in [6.07, 6.45) is 6.54. The lowest BCUT2D eigenvalue weighted by Gasteiger charge is -2.42. The van der Waals surface area contributed by atoms with Crippen LogP contribution in [0, 0.1) is 6.92 Å². The van der Waals surface area contributed by atoms with Crippen LogP contribution in [-0.4, -0.2) is 71.3 Å². The van der Waals surface area contributed by atoms with E-state index in [9.17, 15) is 4.79 Å². The van der Waals surface area contributed by atoms with E-state index >= 15 is 0 Å². The SMILES string of the molecule is Cc1cc(Nc2ncnc3ccc(N4CCN(C(=O)OC(C)(C)C)C5(CC5)C4)nc23)ccc1Oc1ccn2ncnc2c1. The molecule has 43 heavy (non-hydrogen) atoms. The third-order valence-corrected chi connectivity index (χ3v) is 7.80. The van der Waals surface area contributed by atoms with Crippen LogP contribution in [0.4, 0.5) is 22.1 Å². The van der Waals surface area contributed by atoms with Gasteiger partial charge in [-0.1, -0.05) is 0 Å². The van der Waals surface area contributed by atoms with E-state index in [1.165, 1.54) is 12.7 Å². The Morgan fingerprint density at radius 2 is 1.86 bits per heavy atom. The number of aryl methyl sites for hydroxylation is 1. The third-order valence-electron chi connectivity index (χ3n) is 7.80. The number of pyridine rings is 2. The number of rotatable bonds is 5. The van der Waals surface area contributed by atoms with Gasteiger partial charge < -0.3 is 19.7 Å². The summed E-state index contributed by atoms with van der Waals surface area (Å²) < 4.78 is 13.5. The lowest BCUT2D eigenvalue weighted by Crippen LogP contribution is -2.58. The third kappa shape index (κ3) is 5.36. The highest BCUT2D eigenvalue weighted by Gasteiger charge is 2.54. The molecule has 4 aromatic heterocycles. The highest BCUT2D eigenvalue weighted by molar-refractivity contribution is 5.88. The number of fused-ring (bicyclic) bond motifs is 2. The van der Waals surface area contributed by atoms with Gasteiger partial charge in [0, 0.05) is 37.6 Å². The van der Waals surface area contributed by atoms with Gasteiger partial charge in [0.1, 0.15) is 41.1 Å². The second-order valence-corrected chi connectivity index (χ2v) is 12.2. The largest absolute Gasteiger partial charge is 0.457 e. The van der Waals surface area contributed by atoms with Crippen LogP contribution in [0.5, 0.6) is 11.5 Å². The first-order valence-corrected chi connectivity index (χ1v) is 14.4. The number of nitrogens with one attached hydrogen (secondary N) is 1. The average Bonchev–Trinajstić information content (AvgIpc) is 3.56. The van der Waals surface area contributed by atoms with E-state index in [0.29, 0.717) is 42.4 Å². The summed E-state index contributed by atoms with van der Waals surface area (Å²) in [5.41, 5.74) is 3.23. The topological polar surface area (TPSA) is 123 Å². The van der Waals surface area contributed by atoms with Gasteiger partial charge in [0.25, 0.3) is 0 Å². The fourth-order valence-electron chi connectivity index (χ4n) is 5.51. The zero-order valence-electron chi connectivity index (χ0n) is 24.6. The molecule has 5 aromatic rings. The van der Waals surface area contributed by atoms with E-state index in [0.717, 1.165) is 41.2 Å². The van der Waals surface area contributed by atoms with Crippen molar-refractivity contribution in [2.45, 2.75) is 51.7 Å². The molecule has 0 bridgehead atoms. The summed E-state index contributed by atoms with van der Waals surface area (Å²) in [6.45, 7) is 9.67. The zero-order chi connectivity index (χ0) is 29.8. The Kier molecular flexibility index (Phi) is 6.29. The predicted molar refractivity (Wildman–Crippen MR) is 162 cm³/mol. The molecule has 1 aliphatic heterocycles. The molecular formula is C31H33N9O3. The van der Waals surface area contributed by atoms with Crippen LogP contribution < -0.4 is 15.0 Å². The Bertz CT molecular complexity index is 1840. The molecule has 0 atom stereocenters. The van der Waals surface area contributed by atoms with Gasteiger partial charge >= 0.3 is 6.09 Å². The van der Waals surface area contributed by atoms with Crippen molar-refractivity contribution in [1.82, 2.24) is 34.4 Å². The molecule has 0 radical (unpaired) electrons. The highest BCUT2D eigenvalue weighted by Crippen LogP contribution is 2.45. The molecule has 1 saturated carbocycles. The first-order chi connectivity index (χ1) is 20.7. The second kappa shape index (κ2) is 10.1. The monoisotopic (exact) mass is 579 g/mol. The van der Waals surface area contributed by atoms with Gasteiger partial charge in [-0.3, -0.25) is 4.90 Å². The van der Waals surface area contributed by atoms with Crippen molar-refractivity contribution in [3.8, 4) is 11.5 Å². The van der Waals surface area contributed by atoms with Crippen LogP contribution in [-0.2, 0) is 4.74 Å². The maximum absolute atomic E-state index is 12.9. The van der Waals surface area contributed by atoms with Crippen molar-refractivity contribution in [2.24, 2.45) is 0 Å². The summed E-state index contributed by atoms with van der Waals surface area (Å²) in [7, 11) is 0. The minimum atomic E-state index is -0.521. The minimum Gasteiger partial charge on any atom is -0.457 e. The molecular weight excluding hydrogens is 546 g/mol. The van der Waals surface area contributed by atoms with Crippen LogP contribution >= 0.6 is 0 Å². The molecule has 2 fully saturated rings. The van der Waals surface area contributed by atoms with Gasteiger partial charge in [-0.2, -0.15) is 5.10 Å². The lowest BCUT2D eigenvalue weighted by atomic mass is 10.1. The highest BCUT2D eigenvalue weighted by atomic mass is 16.6. The van der Waals surface area contributed by atoms with Crippen LogP contribution in [0.25, 0.3) is 16.7 Å². The van der Waals surface area contributed by atoms with Crippen molar-refractivity contribution in [3.05, 3.63) is 66.9 Å². The summed E-state index contributed by atoms with van der Waals surface area (Å²) in [4.78, 5) is 35.3. The van der Waals surface area contributed by atoms with Gasteiger partial charge in [-0.25, -0.2) is 29.2 Å². The maximum atomic E-state index is 12.9. The molecule has 12 nitrogen and oxygen atoms in total. The molecule has 12 heteroatoms. The Hall–Kier alpha value is -5.00. The number of amides is 1. The number of anilines is 3.